The van der Waals surface area contributed by atoms with Crippen molar-refractivity contribution < 1.29 is 14.3 Å². The van der Waals surface area contributed by atoms with Gasteiger partial charge in [0.05, 0.1) is 0 Å². The maximum atomic E-state index is 13.9. The molecule has 3 rings (SSSR count). The standard InChI is InChI=1S/C22H28ClFO2/c23-18-12-11-15(21(24)14-18)5-4-7-20-17-10-9-16(13-17)19(20)6-2-1-3-8-22(25)26/h2,6,11-12,14,16-17,19-20H,1,3-5,7-10,13H2,(H,25,26)/b6-2-/t16-,17+,19+,20+/m1/s1. The second kappa shape index (κ2) is 9.03. The van der Waals surface area contributed by atoms with Crippen molar-refractivity contribution in [2.45, 2.75) is 57.8 Å². The van der Waals surface area contributed by atoms with Gasteiger partial charge >= 0.3 is 5.97 Å². The zero-order valence-corrected chi connectivity index (χ0v) is 15.9. The lowest BCUT2D eigenvalue weighted by Gasteiger charge is -2.29. The van der Waals surface area contributed by atoms with Gasteiger partial charge in [-0.3, -0.25) is 4.79 Å². The highest BCUT2D eigenvalue weighted by Gasteiger charge is 2.45. The number of unbranched alkanes of at least 4 members (excludes halogenated alkanes) is 1. The molecule has 0 spiro atoms. The lowest BCUT2D eigenvalue weighted by atomic mass is 9.76. The largest absolute Gasteiger partial charge is 0.481 e. The van der Waals surface area contributed by atoms with Crippen LogP contribution in [-0.4, -0.2) is 11.1 Å². The monoisotopic (exact) mass is 378 g/mol. The van der Waals surface area contributed by atoms with Gasteiger partial charge in [-0.1, -0.05) is 29.8 Å². The van der Waals surface area contributed by atoms with E-state index in [1.807, 2.05) is 0 Å². The SMILES string of the molecule is O=C(O)CCC/C=C\[C@H]1[C@@H]2CC[C@@H](C2)[C@@H]1CCCc1ccc(Cl)cc1F. The fraction of sp³-hybridized carbons (Fsp3) is 0.591. The van der Waals surface area contributed by atoms with E-state index in [1.54, 1.807) is 12.1 Å². The summed E-state index contributed by atoms with van der Waals surface area (Å²) in [7, 11) is 0. The van der Waals surface area contributed by atoms with Gasteiger partial charge in [0.1, 0.15) is 5.82 Å². The molecule has 4 atom stereocenters. The fourth-order valence-electron chi connectivity index (χ4n) is 5.06. The smallest absolute Gasteiger partial charge is 0.303 e. The summed E-state index contributed by atoms with van der Waals surface area (Å²) < 4.78 is 13.9. The Balaban J connectivity index is 1.50. The van der Waals surface area contributed by atoms with E-state index in [-0.39, 0.29) is 12.2 Å². The van der Waals surface area contributed by atoms with Crippen molar-refractivity contribution in [1.29, 1.82) is 0 Å². The number of fused-ring (bicyclic) bond motifs is 2. The Labute approximate surface area is 160 Å². The quantitative estimate of drug-likeness (QED) is 0.405. The molecule has 2 aliphatic carbocycles. The molecular weight excluding hydrogens is 351 g/mol. The third-order valence-electron chi connectivity index (χ3n) is 6.28. The first kappa shape index (κ1) is 19.4. The second-order valence-corrected chi connectivity index (χ2v) is 8.35. The van der Waals surface area contributed by atoms with E-state index >= 15 is 0 Å². The highest BCUT2D eigenvalue weighted by Crippen LogP contribution is 2.54. The van der Waals surface area contributed by atoms with E-state index in [1.165, 1.54) is 25.3 Å². The third kappa shape index (κ3) is 4.88. The molecule has 0 amide bonds. The predicted molar refractivity (Wildman–Crippen MR) is 103 cm³/mol. The van der Waals surface area contributed by atoms with Gasteiger partial charge in [0, 0.05) is 11.4 Å². The molecule has 26 heavy (non-hydrogen) atoms. The molecule has 0 heterocycles. The number of rotatable bonds is 9. The van der Waals surface area contributed by atoms with Gasteiger partial charge in [-0.2, -0.15) is 0 Å². The van der Waals surface area contributed by atoms with Crippen LogP contribution in [0.2, 0.25) is 5.02 Å². The average Bonchev–Trinajstić information content (AvgIpc) is 3.18. The normalized spacial score (nSPS) is 27.5. The Morgan fingerprint density at radius 2 is 2.08 bits per heavy atom. The number of carboxylic acid groups (broad SMARTS) is 1. The average molecular weight is 379 g/mol. The number of benzene rings is 1. The zero-order valence-electron chi connectivity index (χ0n) is 15.2. The highest BCUT2D eigenvalue weighted by atomic mass is 35.5. The first-order valence-corrected chi connectivity index (χ1v) is 10.2. The molecule has 2 bridgehead atoms. The van der Waals surface area contributed by atoms with E-state index in [0.717, 1.165) is 43.1 Å². The van der Waals surface area contributed by atoms with Gasteiger partial charge in [0.25, 0.3) is 0 Å². The summed E-state index contributed by atoms with van der Waals surface area (Å²) in [6.45, 7) is 0. The highest BCUT2D eigenvalue weighted by molar-refractivity contribution is 6.30. The molecule has 0 radical (unpaired) electrons. The van der Waals surface area contributed by atoms with Crippen LogP contribution in [0.25, 0.3) is 0 Å². The van der Waals surface area contributed by atoms with E-state index in [0.29, 0.717) is 23.3 Å². The number of halogens is 2. The van der Waals surface area contributed by atoms with Crippen molar-refractivity contribution in [1.82, 2.24) is 0 Å². The lowest BCUT2D eigenvalue weighted by molar-refractivity contribution is -0.137. The van der Waals surface area contributed by atoms with Gasteiger partial charge in [0.15, 0.2) is 0 Å². The maximum Gasteiger partial charge on any atom is 0.303 e. The summed E-state index contributed by atoms with van der Waals surface area (Å²) in [6, 6.07) is 4.97. The van der Waals surface area contributed by atoms with Gasteiger partial charge in [0.2, 0.25) is 0 Å². The Kier molecular flexibility index (Phi) is 6.74. The van der Waals surface area contributed by atoms with Crippen molar-refractivity contribution in [2.24, 2.45) is 23.7 Å². The van der Waals surface area contributed by atoms with Crippen LogP contribution in [0.1, 0.15) is 56.9 Å². The van der Waals surface area contributed by atoms with Crippen LogP contribution in [0.4, 0.5) is 4.39 Å². The fourth-order valence-corrected chi connectivity index (χ4v) is 5.22. The van der Waals surface area contributed by atoms with Crippen molar-refractivity contribution in [2.75, 3.05) is 0 Å². The number of aliphatic carboxylic acids is 1. The van der Waals surface area contributed by atoms with Crippen molar-refractivity contribution in [3.8, 4) is 0 Å². The van der Waals surface area contributed by atoms with Gasteiger partial charge in [-0.05, 0) is 92.7 Å². The molecule has 0 aromatic heterocycles. The van der Waals surface area contributed by atoms with Gasteiger partial charge < -0.3 is 5.11 Å². The van der Waals surface area contributed by atoms with Crippen molar-refractivity contribution >= 4 is 17.6 Å². The van der Waals surface area contributed by atoms with E-state index in [9.17, 15) is 9.18 Å². The molecule has 2 nitrogen and oxygen atoms in total. The molecule has 0 saturated heterocycles. The first-order chi connectivity index (χ1) is 12.5. The number of carboxylic acids is 1. The van der Waals surface area contributed by atoms with Gasteiger partial charge in [-0.15, -0.1) is 0 Å². The summed E-state index contributed by atoms with van der Waals surface area (Å²) >= 11 is 5.82. The Hall–Kier alpha value is -1.35. The Morgan fingerprint density at radius 3 is 2.85 bits per heavy atom. The summed E-state index contributed by atoms with van der Waals surface area (Å²) in [5.74, 6) is 2.05. The third-order valence-corrected chi connectivity index (χ3v) is 6.51. The molecule has 142 valence electrons. The molecule has 2 fully saturated rings. The number of hydrogen-bond donors (Lipinski definition) is 1. The molecule has 0 unspecified atom stereocenters. The van der Waals surface area contributed by atoms with Crippen LogP contribution in [0.3, 0.4) is 0 Å². The van der Waals surface area contributed by atoms with Crippen molar-refractivity contribution in [3.05, 3.63) is 46.8 Å². The summed E-state index contributed by atoms with van der Waals surface area (Å²) in [5.41, 5.74) is 0.762. The summed E-state index contributed by atoms with van der Waals surface area (Å²) in [5, 5.41) is 9.17. The molecule has 1 N–H and O–H groups in total. The van der Waals surface area contributed by atoms with Crippen LogP contribution in [-0.2, 0) is 11.2 Å². The minimum absolute atomic E-state index is 0.194. The summed E-state index contributed by atoms with van der Waals surface area (Å²) in [6.07, 6.45) is 13.3. The maximum absolute atomic E-state index is 13.9. The number of allylic oxidation sites excluding steroid dienone is 2. The van der Waals surface area contributed by atoms with E-state index in [4.69, 9.17) is 16.7 Å². The lowest BCUT2D eigenvalue weighted by Crippen LogP contribution is -2.21. The topological polar surface area (TPSA) is 37.3 Å². The van der Waals surface area contributed by atoms with Crippen LogP contribution >= 0.6 is 11.6 Å². The van der Waals surface area contributed by atoms with Gasteiger partial charge in [-0.25, -0.2) is 4.39 Å². The summed E-state index contributed by atoms with van der Waals surface area (Å²) in [4.78, 5) is 10.6. The zero-order chi connectivity index (χ0) is 18.5. The minimum atomic E-state index is -0.717. The van der Waals surface area contributed by atoms with Crippen molar-refractivity contribution in [3.63, 3.8) is 0 Å². The second-order valence-electron chi connectivity index (χ2n) is 7.92. The number of hydrogen-bond acceptors (Lipinski definition) is 1. The van der Waals surface area contributed by atoms with Crippen LogP contribution in [0.15, 0.2) is 30.4 Å². The molecule has 1 aromatic rings. The predicted octanol–water partition coefficient (Wildman–Crippen LogP) is 6.28. The van der Waals surface area contributed by atoms with E-state index < -0.39 is 5.97 Å². The van der Waals surface area contributed by atoms with E-state index in [2.05, 4.69) is 12.2 Å². The minimum Gasteiger partial charge on any atom is -0.481 e. The Bertz CT molecular complexity index is 658. The molecule has 1 aromatic carbocycles. The number of aryl methyl sites for hydroxylation is 1. The Morgan fingerprint density at radius 1 is 1.27 bits per heavy atom. The van der Waals surface area contributed by atoms with Crippen LogP contribution in [0, 0.1) is 29.5 Å². The molecule has 2 aliphatic rings. The molecule has 2 saturated carbocycles. The molecule has 4 heteroatoms. The number of carbonyl (C=O) groups is 1. The van der Waals surface area contributed by atoms with Crippen LogP contribution in [0.5, 0.6) is 0 Å². The molecule has 0 aliphatic heterocycles. The first-order valence-electron chi connectivity index (χ1n) is 9.87. The van der Waals surface area contributed by atoms with Crippen LogP contribution < -0.4 is 0 Å². The molecular formula is C22H28ClFO2.